The van der Waals surface area contributed by atoms with E-state index in [0.29, 0.717) is 5.69 Å². The molecule has 0 fully saturated rings. The van der Waals surface area contributed by atoms with Crippen LogP contribution in [0.2, 0.25) is 0 Å². The van der Waals surface area contributed by atoms with E-state index in [9.17, 15) is 9.90 Å². The first kappa shape index (κ1) is 11.5. The van der Waals surface area contributed by atoms with Gasteiger partial charge < -0.3 is 15.5 Å². The minimum absolute atomic E-state index is 0.0988. The quantitative estimate of drug-likeness (QED) is 0.689. The Labute approximate surface area is 87.8 Å². The highest BCUT2D eigenvalue weighted by atomic mass is 16.4. The zero-order chi connectivity index (χ0) is 11.5. The van der Waals surface area contributed by atoms with Gasteiger partial charge in [-0.1, -0.05) is 0 Å². The van der Waals surface area contributed by atoms with Crippen molar-refractivity contribution in [3.8, 4) is 0 Å². The topological polar surface area (TPSA) is 82.5 Å². The second-order valence-corrected chi connectivity index (χ2v) is 3.89. The number of rotatable bonds is 4. The van der Waals surface area contributed by atoms with Gasteiger partial charge in [0.15, 0.2) is 0 Å². The van der Waals surface area contributed by atoms with Crippen molar-refractivity contribution in [2.75, 3.05) is 11.9 Å². The number of nitrogens with one attached hydrogen (secondary N) is 1. The Morgan fingerprint density at radius 1 is 1.60 bits per heavy atom. The first-order valence-electron chi connectivity index (χ1n) is 4.54. The molecule has 0 aliphatic heterocycles. The Morgan fingerprint density at radius 2 is 2.27 bits per heavy atom. The fraction of sp³-hybridized carbons (Fsp3) is 0.400. The zero-order valence-electron chi connectivity index (χ0n) is 8.69. The van der Waals surface area contributed by atoms with Crippen LogP contribution in [0.1, 0.15) is 24.2 Å². The maximum absolute atomic E-state index is 10.8. The molecule has 15 heavy (non-hydrogen) atoms. The average molecular weight is 210 g/mol. The predicted octanol–water partition coefficient (Wildman–Crippen LogP) is 0.963. The smallest absolute Gasteiger partial charge is 0.339 e. The number of hydrogen-bond acceptors (Lipinski definition) is 4. The summed E-state index contributed by atoms with van der Waals surface area (Å²) in [5.74, 6) is -1.04. The lowest BCUT2D eigenvalue weighted by molar-refractivity contribution is 0.0695. The molecule has 0 saturated heterocycles. The molecule has 0 unspecified atom stereocenters. The molecule has 1 heterocycles. The van der Waals surface area contributed by atoms with E-state index in [1.54, 1.807) is 19.9 Å². The molecule has 0 amide bonds. The lowest BCUT2D eigenvalue weighted by atomic mass is 10.1. The first-order valence-corrected chi connectivity index (χ1v) is 4.54. The zero-order valence-corrected chi connectivity index (χ0v) is 8.69. The van der Waals surface area contributed by atoms with Crippen molar-refractivity contribution < 1.29 is 15.0 Å². The standard InChI is InChI=1S/C10H14N2O3/c1-10(2,15)6-12-8-3-4-11-5-7(8)9(13)14/h3-5,15H,6H2,1-2H3,(H,11,12)(H,13,14). The number of hydrogen-bond donors (Lipinski definition) is 3. The van der Waals surface area contributed by atoms with E-state index in [0.717, 1.165) is 0 Å². The van der Waals surface area contributed by atoms with Crippen LogP contribution in [-0.2, 0) is 0 Å². The third-order valence-electron chi connectivity index (χ3n) is 1.76. The minimum Gasteiger partial charge on any atom is -0.478 e. The monoisotopic (exact) mass is 210 g/mol. The summed E-state index contributed by atoms with van der Waals surface area (Å²) in [6.45, 7) is 3.56. The Bertz CT molecular complexity index is 358. The molecule has 5 nitrogen and oxygen atoms in total. The minimum atomic E-state index is -1.04. The summed E-state index contributed by atoms with van der Waals surface area (Å²) in [6, 6.07) is 1.56. The van der Waals surface area contributed by atoms with Crippen molar-refractivity contribution in [3.63, 3.8) is 0 Å². The van der Waals surface area contributed by atoms with E-state index >= 15 is 0 Å². The van der Waals surface area contributed by atoms with E-state index in [4.69, 9.17) is 5.11 Å². The van der Waals surface area contributed by atoms with Gasteiger partial charge in [-0.3, -0.25) is 4.98 Å². The second-order valence-electron chi connectivity index (χ2n) is 3.89. The number of aromatic carboxylic acids is 1. The fourth-order valence-corrected chi connectivity index (χ4v) is 1.03. The van der Waals surface area contributed by atoms with Gasteiger partial charge in [0.2, 0.25) is 0 Å². The Morgan fingerprint density at radius 3 is 2.80 bits per heavy atom. The Hall–Kier alpha value is -1.62. The van der Waals surface area contributed by atoms with E-state index < -0.39 is 11.6 Å². The normalized spacial score (nSPS) is 11.1. The van der Waals surface area contributed by atoms with Gasteiger partial charge >= 0.3 is 5.97 Å². The van der Waals surface area contributed by atoms with E-state index in [2.05, 4.69) is 10.3 Å². The molecule has 5 heteroatoms. The molecular weight excluding hydrogens is 196 g/mol. The van der Waals surface area contributed by atoms with Gasteiger partial charge in [-0.05, 0) is 19.9 Å². The number of aromatic nitrogens is 1. The van der Waals surface area contributed by atoms with Gasteiger partial charge in [0.05, 0.1) is 11.3 Å². The molecule has 0 spiro atoms. The number of pyridine rings is 1. The first-order chi connectivity index (χ1) is 6.90. The predicted molar refractivity (Wildman–Crippen MR) is 56.0 cm³/mol. The van der Waals surface area contributed by atoms with Crippen molar-refractivity contribution in [2.45, 2.75) is 19.4 Å². The van der Waals surface area contributed by atoms with E-state index in [-0.39, 0.29) is 12.1 Å². The number of anilines is 1. The largest absolute Gasteiger partial charge is 0.478 e. The van der Waals surface area contributed by atoms with E-state index in [1.165, 1.54) is 12.4 Å². The van der Waals surface area contributed by atoms with Gasteiger partial charge in [-0.25, -0.2) is 4.79 Å². The molecular formula is C10H14N2O3. The second kappa shape index (κ2) is 4.27. The van der Waals surface area contributed by atoms with Crippen molar-refractivity contribution in [2.24, 2.45) is 0 Å². The third kappa shape index (κ3) is 3.55. The molecule has 0 aromatic carbocycles. The maximum Gasteiger partial charge on any atom is 0.339 e. The Balaban J connectivity index is 2.81. The summed E-state index contributed by atoms with van der Waals surface area (Å²) in [5.41, 5.74) is -0.333. The number of carbonyl (C=O) groups is 1. The maximum atomic E-state index is 10.8. The molecule has 0 bridgehead atoms. The average Bonchev–Trinajstić information content (AvgIpc) is 2.14. The summed E-state index contributed by atoms with van der Waals surface area (Å²) in [7, 11) is 0. The van der Waals surface area contributed by atoms with Crippen molar-refractivity contribution in [3.05, 3.63) is 24.0 Å². The molecule has 0 aliphatic rings. The number of nitrogens with zero attached hydrogens (tertiary/aromatic N) is 1. The molecule has 3 N–H and O–H groups in total. The van der Waals surface area contributed by atoms with Crippen LogP contribution in [0.15, 0.2) is 18.5 Å². The van der Waals surface area contributed by atoms with Gasteiger partial charge in [0.1, 0.15) is 5.56 Å². The lowest BCUT2D eigenvalue weighted by Gasteiger charge is -2.19. The molecule has 82 valence electrons. The summed E-state index contributed by atoms with van der Waals surface area (Å²) < 4.78 is 0. The van der Waals surface area contributed by atoms with Crippen molar-refractivity contribution >= 4 is 11.7 Å². The Kier molecular flexibility index (Phi) is 3.26. The van der Waals surface area contributed by atoms with Crippen LogP contribution >= 0.6 is 0 Å². The number of aliphatic hydroxyl groups is 1. The molecule has 0 radical (unpaired) electrons. The van der Waals surface area contributed by atoms with Crippen molar-refractivity contribution in [1.82, 2.24) is 4.98 Å². The number of carboxylic acid groups (broad SMARTS) is 1. The van der Waals surface area contributed by atoms with Crippen LogP contribution < -0.4 is 5.32 Å². The summed E-state index contributed by atoms with van der Waals surface area (Å²) in [6.07, 6.45) is 2.77. The fourth-order valence-electron chi connectivity index (χ4n) is 1.03. The molecule has 0 atom stereocenters. The lowest BCUT2D eigenvalue weighted by Crippen LogP contribution is -2.29. The van der Waals surface area contributed by atoms with Crippen LogP contribution in [0.5, 0.6) is 0 Å². The van der Waals surface area contributed by atoms with Gasteiger partial charge in [-0.15, -0.1) is 0 Å². The van der Waals surface area contributed by atoms with Crippen LogP contribution in [-0.4, -0.2) is 33.3 Å². The highest BCUT2D eigenvalue weighted by molar-refractivity contribution is 5.93. The van der Waals surface area contributed by atoms with Crippen LogP contribution in [0.25, 0.3) is 0 Å². The highest BCUT2D eigenvalue weighted by Crippen LogP contribution is 2.14. The molecule has 1 aromatic rings. The van der Waals surface area contributed by atoms with Crippen LogP contribution in [0.3, 0.4) is 0 Å². The van der Waals surface area contributed by atoms with E-state index in [1.807, 2.05) is 0 Å². The van der Waals surface area contributed by atoms with Gasteiger partial charge in [0.25, 0.3) is 0 Å². The molecule has 1 aromatic heterocycles. The van der Waals surface area contributed by atoms with Crippen molar-refractivity contribution in [1.29, 1.82) is 0 Å². The molecule has 0 aliphatic carbocycles. The van der Waals surface area contributed by atoms with Gasteiger partial charge in [0, 0.05) is 18.9 Å². The number of carboxylic acids is 1. The van der Waals surface area contributed by atoms with Crippen LogP contribution in [0.4, 0.5) is 5.69 Å². The molecule has 0 saturated carbocycles. The summed E-state index contributed by atoms with van der Waals surface area (Å²) in [4.78, 5) is 14.5. The van der Waals surface area contributed by atoms with Crippen LogP contribution in [0, 0.1) is 0 Å². The SMILES string of the molecule is CC(C)(O)CNc1ccncc1C(=O)O. The summed E-state index contributed by atoms with van der Waals surface area (Å²) in [5, 5.41) is 21.2. The van der Waals surface area contributed by atoms with Gasteiger partial charge in [-0.2, -0.15) is 0 Å². The summed E-state index contributed by atoms with van der Waals surface area (Å²) >= 11 is 0. The highest BCUT2D eigenvalue weighted by Gasteiger charge is 2.14. The third-order valence-corrected chi connectivity index (χ3v) is 1.76. The molecule has 1 rings (SSSR count).